The summed E-state index contributed by atoms with van der Waals surface area (Å²) >= 11 is 2.08. The lowest BCUT2D eigenvalue weighted by Gasteiger charge is -2.43. The predicted molar refractivity (Wildman–Crippen MR) is 147 cm³/mol. The Morgan fingerprint density at radius 1 is 1.24 bits per heavy atom. The van der Waals surface area contributed by atoms with Gasteiger partial charge in [0.25, 0.3) is 0 Å². The molecular weight excluding hydrogens is 591 g/mol. The minimum atomic E-state index is -1.08. The Hall–Kier alpha value is -1.89. The molecule has 0 bridgehead atoms. The van der Waals surface area contributed by atoms with Crippen LogP contribution in [0.15, 0.2) is 23.8 Å². The number of methoxy groups -OCH3 is 1. The predicted octanol–water partition coefficient (Wildman–Crippen LogP) is 2.38. The van der Waals surface area contributed by atoms with Gasteiger partial charge >= 0.3 is 0 Å². The zero-order valence-corrected chi connectivity index (χ0v) is 23.9. The van der Waals surface area contributed by atoms with Crippen molar-refractivity contribution in [2.75, 3.05) is 26.8 Å². The van der Waals surface area contributed by atoms with Crippen LogP contribution in [0.25, 0.3) is 0 Å². The molecule has 3 atom stereocenters. The summed E-state index contributed by atoms with van der Waals surface area (Å²) < 4.78 is 12.5. The second-order valence-corrected chi connectivity index (χ2v) is 11.3. The highest BCUT2D eigenvalue weighted by molar-refractivity contribution is 14.1. The topological polar surface area (TPSA) is 129 Å². The zero-order chi connectivity index (χ0) is 27.1. The number of carbonyl (C=O) groups excluding carboxylic acids is 2. The van der Waals surface area contributed by atoms with Crippen molar-refractivity contribution in [3.8, 4) is 11.5 Å². The third-order valence-electron chi connectivity index (χ3n) is 7.03. The number of aliphatic hydroxyl groups excluding tert-OH is 3. The maximum absolute atomic E-state index is 13.5. The Kier molecular flexibility index (Phi) is 11.0. The van der Waals surface area contributed by atoms with Gasteiger partial charge < -0.3 is 35.0 Å². The molecule has 0 heterocycles. The first-order valence-corrected chi connectivity index (χ1v) is 14.0. The summed E-state index contributed by atoms with van der Waals surface area (Å²) in [6.07, 6.45) is 3.25. The number of rotatable bonds is 12. The van der Waals surface area contributed by atoms with Crippen LogP contribution in [-0.4, -0.2) is 77.1 Å². The van der Waals surface area contributed by atoms with Gasteiger partial charge in [-0.25, -0.2) is 0 Å². The summed E-state index contributed by atoms with van der Waals surface area (Å²) in [6.45, 7) is 4.41. The van der Waals surface area contributed by atoms with Crippen molar-refractivity contribution < 1.29 is 34.4 Å². The fourth-order valence-corrected chi connectivity index (χ4v) is 5.41. The maximum Gasteiger partial charge on any atom is 0.247 e. The first kappa shape index (κ1) is 29.7. The SMILES string of the molecule is COc1cc(CO)cc(I)c1OC1C=C(C(=O)NCCO)CC(N(CCC(C)C)C(=O)C2CCC2)C1O. The van der Waals surface area contributed by atoms with Crippen molar-refractivity contribution in [1.29, 1.82) is 0 Å². The molecule has 2 amide bonds. The highest BCUT2D eigenvalue weighted by Gasteiger charge is 2.42. The molecular formula is C27H39IN2O7. The van der Waals surface area contributed by atoms with Crippen LogP contribution in [-0.2, 0) is 16.2 Å². The van der Waals surface area contributed by atoms with Crippen LogP contribution in [0, 0.1) is 15.4 Å². The van der Waals surface area contributed by atoms with Crippen LogP contribution in [0.1, 0.15) is 51.5 Å². The molecule has 0 aliphatic heterocycles. The van der Waals surface area contributed by atoms with Crippen LogP contribution in [0.3, 0.4) is 0 Å². The lowest BCUT2D eigenvalue weighted by molar-refractivity contribution is -0.145. The molecule has 1 aromatic rings. The van der Waals surface area contributed by atoms with Gasteiger partial charge in [0, 0.05) is 31.0 Å². The summed E-state index contributed by atoms with van der Waals surface area (Å²) in [5.41, 5.74) is 1.05. The van der Waals surface area contributed by atoms with Crippen molar-refractivity contribution in [2.24, 2.45) is 11.8 Å². The second-order valence-electron chi connectivity index (χ2n) is 10.1. The summed E-state index contributed by atoms with van der Waals surface area (Å²) in [6, 6.07) is 2.79. The minimum absolute atomic E-state index is 0.0196. The highest BCUT2D eigenvalue weighted by atomic mass is 127. The fourth-order valence-electron chi connectivity index (χ4n) is 4.62. The molecule has 0 spiro atoms. The van der Waals surface area contributed by atoms with Crippen molar-refractivity contribution in [1.82, 2.24) is 10.2 Å². The minimum Gasteiger partial charge on any atom is -0.493 e. The number of amides is 2. The quantitative estimate of drug-likeness (QED) is 0.261. The lowest BCUT2D eigenvalue weighted by atomic mass is 9.82. The van der Waals surface area contributed by atoms with Gasteiger partial charge in [-0.1, -0.05) is 20.3 Å². The van der Waals surface area contributed by atoms with E-state index in [9.17, 15) is 24.9 Å². The Bertz CT molecular complexity index is 980. The molecule has 3 unspecified atom stereocenters. The number of carbonyl (C=O) groups is 2. The lowest BCUT2D eigenvalue weighted by Crippen LogP contribution is -2.57. The molecule has 3 rings (SSSR count). The standard InChI is InChI=1S/C27H39IN2O7/c1-16(2)7-9-30(27(35)18-5-4-6-18)21-13-19(26(34)29-8-10-31)14-22(24(21)33)37-25-20(28)11-17(15-32)12-23(25)36-3/h11-12,14,16,18,21-22,24,31-33H,4-10,13,15H2,1-3H3,(H,29,34). The van der Waals surface area contributed by atoms with Gasteiger partial charge in [0.15, 0.2) is 11.5 Å². The first-order chi connectivity index (χ1) is 17.7. The van der Waals surface area contributed by atoms with Crippen LogP contribution in [0.2, 0.25) is 0 Å². The third kappa shape index (κ3) is 7.36. The van der Waals surface area contributed by atoms with Gasteiger partial charge in [0.1, 0.15) is 12.2 Å². The molecule has 10 heteroatoms. The first-order valence-electron chi connectivity index (χ1n) is 12.9. The van der Waals surface area contributed by atoms with Crippen LogP contribution >= 0.6 is 22.6 Å². The Morgan fingerprint density at radius 3 is 2.54 bits per heavy atom. The molecule has 2 aliphatic rings. The number of halogens is 1. The number of hydrogen-bond donors (Lipinski definition) is 4. The normalized spacial score (nSPS) is 21.7. The van der Waals surface area contributed by atoms with Crippen molar-refractivity contribution in [3.63, 3.8) is 0 Å². The van der Waals surface area contributed by atoms with Crippen LogP contribution < -0.4 is 14.8 Å². The summed E-state index contributed by atoms with van der Waals surface area (Å²) in [7, 11) is 1.49. The fraction of sp³-hybridized carbons (Fsp3) is 0.630. The summed E-state index contributed by atoms with van der Waals surface area (Å²) in [4.78, 5) is 28.2. The molecule has 1 saturated carbocycles. The number of ether oxygens (including phenoxy) is 2. The molecule has 0 aromatic heterocycles. The molecule has 206 valence electrons. The van der Waals surface area contributed by atoms with Gasteiger partial charge in [-0.3, -0.25) is 9.59 Å². The number of benzene rings is 1. The van der Waals surface area contributed by atoms with Crippen LogP contribution in [0.5, 0.6) is 11.5 Å². The Balaban J connectivity index is 1.98. The van der Waals surface area contributed by atoms with E-state index in [1.54, 1.807) is 23.1 Å². The molecule has 4 N–H and O–H groups in total. The van der Waals surface area contributed by atoms with Crippen LogP contribution in [0.4, 0.5) is 0 Å². The molecule has 1 fully saturated rings. The van der Waals surface area contributed by atoms with Crippen molar-refractivity contribution in [3.05, 3.63) is 32.9 Å². The number of aliphatic hydroxyl groups is 3. The molecule has 9 nitrogen and oxygen atoms in total. The van der Waals surface area contributed by atoms with E-state index in [-0.39, 0.29) is 43.9 Å². The van der Waals surface area contributed by atoms with E-state index in [2.05, 4.69) is 41.8 Å². The van der Waals surface area contributed by atoms with E-state index in [0.717, 1.165) is 25.7 Å². The van der Waals surface area contributed by atoms with Gasteiger partial charge in [0.05, 0.1) is 29.9 Å². The Labute approximate surface area is 232 Å². The third-order valence-corrected chi connectivity index (χ3v) is 7.83. The average molecular weight is 631 g/mol. The van der Waals surface area contributed by atoms with Gasteiger partial charge in [-0.15, -0.1) is 0 Å². The van der Waals surface area contributed by atoms with Gasteiger partial charge in [0.2, 0.25) is 11.8 Å². The smallest absolute Gasteiger partial charge is 0.247 e. The van der Waals surface area contributed by atoms with Crippen molar-refractivity contribution in [2.45, 2.75) is 70.8 Å². The number of hydrogen-bond acceptors (Lipinski definition) is 7. The highest BCUT2D eigenvalue weighted by Crippen LogP contribution is 2.38. The average Bonchev–Trinajstić information content (AvgIpc) is 2.83. The molecule has 0 saturated heterocycles. The van der Waals surface area contributed by atoms with E-state index in [1.807, 2.05) is 0 Å². The van der Waals surface area contributed by atoms with Gasteiger partial charge in [-0.2, -0.15) is 0 Å². The molecule has 2 aliphatic carbocycles. The van der Waals surface area contributed by atoms with Crippen molar-refractivity contribution >= 4 is 34.4 Å². The monoisotopic (exact) mass is 630 g/mol. The zero-order valence-electron chi connectivity index (χ0n) is 21.8. The van der Waals surface area contributed by atoms with E-state index < -0.39 is 18.2 Å². The van der Waals surface area contributed by atoms with E-state index in [4.69, 9.17) is 9.47 Å². The van der Waals surface area contributed by atoms with E-state index in [0.29, 0.717) is 38.7 Å². The molecule has 0 radical (unpaired) electrons. The second kappa shape index (κ2) is 13.8. The molecule has 37 heavy (non-hydrogen) atoms. The summed E-state index contributed by atoms with van der Waals surface area (Å²) in [5.74, 6) is 0.747. The van der Waals surface area contributed by atoms with Gasteiger partial charge in [-0.05, 0) is 71.5 Å². The molecule has 1 aromatic carbocycles. The number of nitrogens with one attached hydrogen (secondary N) is 1. The number of nitrogens with zero attached hydrogens (tertiary/aromatic N) is 1. The Morgan fingerprint density at radius 2 is 1.97 bits per heavy atom. The van der Waals surface area contributed by atoms with E-state index >= 15 is 0 Å². The largest absolute Gasteiger partial charge is 0.493 e. The van der Waals surface area contributed by atoms with E-state index in [1.165, 1.54) is 7.11 Å². The maximum atomic E-state index is 13.5. The summed E-state index contributed by atoms with van der Waals surface area (Å²) in [5, 5.41) is 33.0.